The van der Waals surface area contributed by atoms with E-state index in [1.165, 1.54) is 22.3 Å². The second-order valence-electron chi connectivity index (χ2n) is 9.07. The SMILES string of the molecule is CN(Cc1ccc(C(C)(C)C)cc1)Cc1ccc(C(C)(C)C)cc1. The van der Waals surface area contributed by atoms with Crippen LogP contribution in [0.3, 0.4) is 0 Å². The smallest absolute Gasteiger partial charge is 0.0234 e. The van der Waals surface area contributed by atoms with Gasteiger partial charge in [0.05, 0.1) is 0 Å². The molecule has 2 rings (SSSR count). The Morgan fingerprint density at radius 1 is 0.583 bits per heavy atom. The maximum atomic E-state index is 2.37. The summed E-state index contributed by atoms with van der Waals surface area (Å²) in [5.41, 5.74) is 5.98. The predicted molar refractivity (Wildman–Crippen MR) is 105 cm³/mol. The van der Waals surface area contributed by atoms with Gasteiger partial charge >= 0.3 is 0 Å². The fraction of sp³-hybridized carbons (Fsp3) is 0.478. The first-order chi connectivity index (χ1) is 11.1. The number of nitrogens with zero attached hydrogens (tertiary/aromatic N) is 1. The molecule has 130 valence electrons. The molecule has 0 spiro atoms. The summed E-state index contributed by atoms with van der Waals surface area (Å²) < 4.78 is 0. The van der Waals surface area contributed by atoms with Gasteiger partial charge < -0.3 is 0 Å². The molecule has 1 nitrogen and oxygen atoms in total. The Hall–Kier alpha value is -1.60. The summed E-state index contributed by atoms with van der Waals surface area (Å²) in [5, 5.41) is 0. The maximum absolute atomic E-state index is 2.37. The summed E-state index contributed by atoms with van der Waals surface area (Å²) in [6, 6.07) is 18.1. The second kappa shape index (κ2) is 7.11. The van der Waals surface area contributed by atoms with Gasteiger partial charge in [0.25, 0.3) is 0 Å². The molecule has 2 aromatic carbocycles. The topological polar surface area (TPSA) is 3.24 Å². The van der Waals surface area contributed by atoms with Crippen molar-refractivity contribution in [3.05, 3.63) is 70.8 Å². The molecule has 0 N–H and O–H groups in total. The third-order valence-corrected chi connectivity index (χ3v) is 4.54. The first-order valence-corrected chi connectivity index (χ1v) is 8.93. The van der Waals surface area contributed by atoms with Gasteiger partial charge in [0.15, 0.2) is 0 Å². The van der Waals surface area contributed by atoms with Gasteiger partial charge in [-0.1, -0.05) is 90.1 Å². The van der Waals surface area contributed by atoms with Crippen LogP contribution in [0.1, 0.15) is 63.8 Å². The van der Waals surface area contributed by atoms with E-state index in [2.05, 4.69) is 102 Å². The van der Waals surface area contributed by atoms with Gasteiger partial charge in [0.2, 0.25) is 0 Å². The third-order valence-electron chi connectivity index (χ3n) is 4.54. The van der Waals surface area contributed by atoms with Crippen LogP contribution in [0, 0.1) is 0 Å². The summed E-state index contributed by atoms with van der Waals surface area (Å²) in [5.74, 6) is 0. The Balaban J connectivity index is 1.97. The third kappa shape index (κ3) is 5.21. The summed E-state index contributed by atoms with van der Waals surface area (Å²) in [4.78, 5) is 2.37. The first kappa shape index (κ1) is 18.7. The van der Waals surface area contributed by atoms with E-state index in [9.17, 15) is 0 Å². The van der Waals surface area contributed by atoms with Crippen LogP contribution in [0.15, 0.2) is 48.5 Å². The van der Waals surface area contributed by atoms with Crippen LogP contribution in [-0.2, 0) is 23.9 Å². The minimum absolute atomic E-state index is 0.221. The molecule has 0 aliphatic carbocycles. The molecule has 0 saturated carbocycles. The standard InChI is InChI=1S/C23H33N/c1-22(2,3)20-12-8-18(9-13-20)16-24(7)17-19-10-14-21(15-11-19)23(4,5)6/h8-15H,16-17H2,1-7H3. The van der Waals surface area contributed by atoms with Crippen molar-refractivity contribution in [2.75, 3.05) is 7.05 Å². The zero-order valence-corrected chi connectivity index (χ0v) is 16.5. The number of hydrogen-bond donors (Lipinski definition) is 0. The van der Waals surface area contributed by atoms with Gasteiger partial charge in [-0.3, -0.25) is 4.90 Å². The number of hydrogen-bond acceptors (Lipinski definition) is 1. The van der Waals surface area contributed by atoms with Crippen LogP contribution < -0.4 is 0 Å². The largest absolute Gasteiger partial charge is 0.298 e. The molecule has 0 heterocycles. The highest BCUT2D eigenvalue weighted by atomic mass is 15.1. The second-order valence-corrected chi connectivity index (χ2v) is 9.07. The Labute approximate surface area is 148 Å². The van der Waals surface area contributed by atoms with Crippen LogP contribution in [0.5, 0.6) is 0 Å². The van der Waals surface area contributed by atoms with Gasteiger partial charge in [-0.05, 0) is 40.1 Å². The molecule has 0 aliphatic rings. The summed E-state index contributed by atoms with van der Waals surface area (Å²) >= 11 is 0. The Morgan fingerprint density at radius 3 is 1.12 bits per heavy atom. The fourth-order valence-corrected chi connectivity index (χ4v) is 2.90. The highest BCUT2D eigenvalue weighted by molar-refractivity contribution is 5.29. The van der Waals surface area contributed by atoms with Crippen molar-refractivity contribution in [1.29, 1.82) is 0 Å². The van der Waals surface area contributed by atoms with E-state index < -0.39 is 0 Å². The minimum atomic E-state index is 0.221. The van der Waals surface area contributed by atoms with Gasteiger partial charge in [0.1, 0.15) is 0 Å². The van der Waals surface area contributed by atoms with Gasteiger partial charge in [-0.15, -0.1) is 0 Å². The average Bonchev–Trinajstić information content (AvgIpc) is 2.46. The van der Waals surface area contributed by atoms with E-state index in [1.807, 2.05) is 0 Å². The van der Waals surface area contributed by atoms with E-state index in [4.69, 9.17) is 0 Å². The molecule has 0 fully saturated rings. The van der Waals surface area contributed by atoms with Crippen molar-refractivity contribution < 1.29 is 0 Å². The zero-order valence-electron chi connectivity index (χ0n) is 16.5. The molecular weight excluding hydrogens is 290 g/mol. The number of rotatable bonds is 4. The minimum Gasteiger partial charge on any atom is -0.298 e. The number of benzene rings is 2. The van der Waals surface area contributed by atoms with Crippen LogP contribution in [0.2, 0.25) is 0 Å². The van der Waals surface area contributed by atoms with Crippen molar-refractivity contribution in [2.45, 2.75) is 65.5 Å². The van der Waals surface area contributed by atoms with Crippen molar-refractivity contribution in [1.82, 2.24) is 4.90 Å². The molecule has 2 aromatic rings. The molecule has 0 unspecified atom stereocenters. The Kier molecular flexibility index (Phi) is 5.55. The van der Waals surface area contributed by atoms with Gasteiger partial charge in [0, 0.05) is 13.1 Å². The molecule has 0 aromatic heterocycles. The Morgan fingerprint density at radius 2 is 0.875 bits per heavy atom. The lowest BCUT2D eigenvalue weighted by Gasteiger charge is -2.22. The lowest BCUT2D eigenvalue weighted by Crippen LogP contribution is -2.18. The molecule has 0 radical (unpaired) electrons. The predicted octanol–water partition coefficient (Wildman–Crippen LogP) is 5.91. The summed E-state index contributed by atoms with van der Waals surface area (Å²) in [7, 11) is 2.19. The van der Waals surface area contributed by atoms with Crippen LogP contribution in [-0.4, -0.2) is 11.9 Å². The molecule has 0 aliphatic heterocycles. The van der Waals surface area contributed by atoms with Crippen LogP contribution in [0.4, 0.5) is 0 Å². The molecule has 0 atom stereocenters. The highest BCUT2D eigenvalue weighted by Crippen LogP contribution is 2.24. The lowest BCUT2D eigenvalue weighted by atomic mass is 9.86. The lowest BCUT2D eigenvalue weighted by molar-refractivity contribution is 0.319. The van der Waals surface area contributed by atoms with Gasteiger partial charge in [-0.2, -0.15) is 0 Å². The quantitative estimate of drug-likeness (QED) is 0.675. The van der Waals surface area contributed by atoms with Crippen LogP contribution >= 0.6 is 0 Å². The van der Waals surface area contributed by atoms with Crippen LogP contribution in [0.25, 0.3) is 0 Å². The normalized spacial score (nSPS) is 12.7. The average molecular weight is 324 g/mol. The zero-order chi connectivity index (χ0) is 18.0. The highest BCUT2D eigenvalue weighted by Gasteiger charge is 2.14. The maximum Gasteiger partial charge on any atom is 0.0234 e. The molecular formula is C23H33N. The summed E-state index contributed by atoms with van der Waals surface area (Å²) in [6.45, 7) is 15.5. The fourth-order valence-electron chi connectivity index (χ4n) is 2.90. The first-order valence-electron chi connectivity index (χ1n) is 8.93. The van der Waals surface area contributed by atoms with E-state index in [0.717, 1.165) is 13.1 Å². The molecule has 0 saturated heterocycles. The molecule has 0 bridgehead atoms. The summed E-state index contributed by atoms with van der Waals surface area (Å²) in [6.07, 6.45) is 0. The van der Waals surface area contributed by atoms with E-state index >= 15 is 0 Å². The van der Waals surface area contributed by atoms with Gasteiger partial charge in [-0.25, -0.2) is 0 Å². The van der Waals surface area contributed by atoms with Crippen molar-refractivity contribution in [3.63, 3.8) is 0 Å². The molecule has 24 heavy (non-hydrogen) atoms. The van der Waals surface area contributed by atoms with Crippen molar-refractivity contribution >= 4 is 0 Å². The van der Waals surface area contributed by atoms with E-state index in [0.29, 0.717) is 0 Å². The molecule has 1 heteroatoms. The molecule has 0 amide bonds. The Bertz CT molecular complexity index is 577. The van der Waals surface area contributed by atoms with E-state index in [1.54, 1.807) is 0 Å². The van der Waals surface area contributed by atoms with E-state index in [-0.39, 0.29) is 10.8 Å². The van der Waals surface area contributed by atoms with Crippen molar-refractivity contribution in [2.24, 2.45) is 0 Å². The monoisotopic (exact) mass is 323 g/mol. The van der Waals surface area contributed by atoms with Crippen molar-refractivity contribution in [3.8, 4) is 0 Å².